The molecule has 1 unspecified atom stereocenters. The van der Waals surface area contributed by atoms with E-state index in [1.807, 2.05) is 0 Å². The van der Waals surface area contributed by atoms with Crippen molar-refractivity contribution in [1.29, 1.82) is 0 Å². The van der Waals surface area contributed by atoms with Gasteiger partial charge in [0.15, 0.2) is 0 Å². The highest BCUT2D eigenvalue weighted by Crippen LogP contribution is 2.40. The van der Waals surface area contributed by atoms with E-state index < -0.39 is 0 Å². The summed E-state index contributed by atoms with van der Waals surface area (Å²) in [6.07, 6.45) is 4.34. The average molecular weight is 280 g/mol. The molecule has 1 N–H and O–H groups in total. The molecule has 0 bridgehead atoms. The summed E-state index contributed by atoms with van der Waals surface area (Å²) < 4.78 is 7.01. The van der Waals surface area contributed by atoms with Crippen LogP contribution in [0.2, 0.25) is 0 Å². The lowest BCUT2D eigenvalue weighted by molar-refractivity contribution is 0.0181. The Morgan fingerprint density at radius 2 is 2.31 bits per heavy atom. The second-order valence-electron chi connectivity index (χ2n) is 4.55. The third kappa shape index (κ3) is 1.42. The van der Waals surface area contributed by atoms with E-state index in [1.165, 1.54) is 10.9 Å². The van der Waals surface area contributed by atoms with E-state index >= 15 is 0 Å². The largest absolute Gasteiger partial charge is 0.371 e. The van der Waals surface area contributed by atoms with Gasteiger partial charge in [0.25, 0.3) is 0 Å². The molecule has 84 valence electrons. The summed E-state index contributed by atoms with van der Waals surface area (Å²) in [5, 5.41) is 1.26. The number of aromatic amines is 1. The zero-order chi connectivity index (χ0) is 11.2. The summed E-state index contributed by atoms with van der Waals surface area (Å²) in [6.45, 7) is 3.06. The Labute approximate surface area is 103 Å². The molecule has 2 nitrogen and oxygen atoms in total. The molecule has 1 aromatic carbocycles. The number of fused-ring (bicyclic) bond motifs is 1. The fourth-order valence-electron chi connectivity index (χ4n) is 2.55. The average Bonchev–Trinajstić information content (AvgIpc) is 2.85. The molecular weight excluding hydrogens is 266 g/mol. The standard InChI is InChI=1S/C13H14BrNO/c1-13(6-3-7-16-13)10-8-15-12-9(10)4-2-5-11(12)14/h2,4-5,8,15H,3,6-7H2,1H3. The van der Waals surface area contributed by atoms with Gasteiger partial charge in [-0.25, -0.2) is 0 Å². The van der Waals surface area contributed by atoms with Crippen molar-refractivity contribution in [3.05, 3.63) is 34.4 Å². The highest BCUT2D eigenvalue weighted by molar-refractivity contribution is 9.10. The van der Waals surface area contributed by atoms with Crippen molar-refractivity contribution >= 4 is 26.8 Å². The second-order valence-corrected chi connectivity index (χ2v) is 5.40. The van der Waals surface area contributed by atoms with Gasteiger partial charge in [0.1, 0.15) is 0 Å². The highest BCUT2D eigenvalue weighted by Gasteiger charge is 2.33. The van der Waals surface area contributed by atoms with Crippen LogP contribution in [0.3, 0.4) is 0 Å². The summed E-state index contributed by atoms with van der Waals surface area (Å²) in [5.41, 5.74) is 2.33. The normalized spacial score (nSPS) is 25.4. The molecule has 1 aliphatic heterocycles. The van der Waals surface area contributed by atoms with Crippen LogP contribution < -0.4 is 0 Å². The lowest BCUT2D eigenvalue weighted by Gasteiger charge is -2.22. The zero-order valence-electron chi connectivity index (χ0n) is 9.22. The SMILES string of the molecule is CC1(c2c[nH]c3c(Br)cccc23)CCCO1. The number of para-hydroxylation sites is 1. The van der Waals surface area contributed by atoms with E-state index in [9.17, 15) is 0 Å². The topological polar surface area (TPSA) is 25.0 Å². The third-order valence-electron chi connectivity index (χ3n) is 3.45. The van der Waals surface area contributed by atoms with Crippen molar-refractivity contribution in [2.45, 2.75) is 25.4 Å². The van der Waals surface area contributed by atoms with Gasteiger partial charge < -0.3 is 9.72 Å². The Bertz CT molecular complexity index is 526. The molecule has 0 saturated carbocycles. The molecule has 16 heavy (non-hydrogen) atoms. The van der Waals surface area contributed by atoms with Gasteiger partial charge in [-0.3, -0.25) is 0 Å². The lowest BCUT2D eigenvalue weighted by Crippen LogP contribution is -2.19. The fraction of sp³-hybridized carbons (Fsp3) is 0.385. The summed E-state index contributed by atoms with van der Waals surface area (Å²) in [7, 11) is 0. The Kier molecular flexibility index (Phi) is 2.33. The van der Waals surface area contributed by atoms with E-state index in [1.54, 1.807) is 0 Å². The van der Waals surface area contributed by atoms with Crippen LogP contribution in [0.4, 0.5) is 0 Å². The van der Waals surface area contributed by atoms with Crippen LogP contribution in [0.25, 0.3) is 10.9 Å². The Hall–Kier alpha value is -0.800. The van der Waals surface area contributed by atoms with Gasteiger partial charge in [-0.1, -0.05) is 12.1 Å². The number of benzene rings is 1. The number of nitrogens with one attached hydrogen (secondary N) is 1. The maximum Gasteiger partial charge on any atom is 0.0924 e. The van der Waals surface area contributed by atoms with E-state index in [0.29, 0.717) is 0 Å². The first-order chi connectivity index (χ1) is 7.71. The number of hydrogen-bond acceptors (Lipinski definition) is 1. The van der Waals surface area contributed by atoms with Gasteiger partial charge >= 0.3 is 0 Å². The van der Waals surface area contributed by atoms with E-state index in [-0.39, 0.29) is 5.60 Å². The van der Waals surface area contributed by atoms with E-state index in [0.717, 1.165) is 29.4 Å². The van der Waals surface area contributed by atoms with Crippen LogP contribution >= 0.6 is 15.9 Å². The molecule has 1 fully saturated rings. The van der Waals surface area contributed by atoms with Crippen LogP contribution in [-0.2, 0) is 10.3 Å². The molecule has 2 heterocycles. The molecule has 0 aliphatic carbocycles. The highest BCUT2D eigenvalue weighted by atomic mass is 79.9. The minimum Gasteiger partial charge on any atom is -0.371 e. The summed E-state index contributed by atoms with van der Waals surface area (Å²) in [6, 6.07) is 6.28. The van der Waals surface area contributed by atoms with Crippen molar-refractivity contribution in [2.24, 2.45) is 0 Å². The maximum atomic E-state index is 5.90. The van der Waals surface area contributed by atoms with Crippen molar-refractivity contribution in [3.63, 3.8) is 0 Å². The molecule has 1 aliphatic rings. The number of aromatic nitrogens is 1. The van der Waals surface area contributed by atoms with Crippen LogP contribution in [0.1, 0.15) is 25.3 Å². The summed E-state index contributed by atoms with van der Waals surface area (Å²) >= 11 is 3.56. The number of rotatable bonds is 1. The quantitative estimate of drug-likeness (QED) is 0.840. The van der Waals surface area contributed by atoms with Gasteiger partial charge in [0.05, 0.1) is 11.1 Å². The van der Waals surface area contributed by atoms with Crippen LogP contribution in [0.5, 0.6) is 0 Å². The third-order valence-corrected chi connectivity index (χ3v) is 4.11. The molecule has 0 spiro atoms. The first-order valence-electron chi connectivity index (χ1n) is 5.61. The monoisotopic (exact) mass is 279 g/mol. The van der Waals surface area contributed by atoms with Crippen molar-refractivity contribution in [1.82, 2.24) is 4.98 Å². The minimum absolute atomic E-state index is 0.112. The number of hydrogen-bond donors (Lipinski definition) is 1. The Morgan fingerprint density at radius 1 is 1.44 bits per heavy atom. The molecule has 1 aromatic heterocycles. The Balaban J connectivity index is 2.21. The van der Waals surface area contributed by atoms with Gasteiger partial charge in [0.2, 0.25) is 0 Å². The lowest BCUT2D eigenvalue weighted by atomic mass is 9.93. The minimum atomic E-state index is -0.112. The van der Waals surface area contributed by atoms with Crippen molar-refractivity contribution in [2.75, 3.05) is 6.61 Å². The molecule has 3 heteroatoms. The van der Waals surface area contributed by atoms with Gasteiger partial charge in [-0.15, -0.1) is 0 Å². The van der Waals surface area contributed by atoms with Crippen LogP contribution in [-0.4, -0.2) is 11.6 Å². The maximum absolute atomic E-state index is 5.90. The molecular formula is C13H14BrNO. The number of halogens is 1. The first kappa shape index (κ1) is 10.4. The van der Waals surface area contributed by atoms with E-state index in [4.69, 9.17) is 4.74 Å². The smallest absolute Gasteiger partial charge is 0.0924 e. The van der Waals surface area contributed by atoms with Gasteiger partial charge in [0, 0.05) is 28.2 Å². The number of H-pyrrole nitrogens is 1. The number of ether oxygens (including phenoxy) is 1. The molecule has 1 saturated heterocycles. The first-order valence-corrected chi connectivity index (χ1v) is 6.40. The fourth-order valence-corrected chi connectivity index (χ4v) is 3.03. The van der Waals surface area contributed by atoms with Crippen molar-refractivity contribution < 1.29 is 4.74 Å². The van der Waals surface area contributed by atoms with Crippen molar-refractivity contribution in [3.8, 4) is 0 Å². The molecule has 2 aromatic rings. The summed E-state index contributed by atoms with van der Waals surface area (Å²) in [4.78, 5) is 3.33. The zero-order valence-corrected chi connectivity index (χ0v) is 10.8. The van der Waals surface area contributed by atoms with Crippen LogP contribution in [0, 0.1) is 0 Å². The molecule has 3 rings (SSSR count). The van der Waals surface area contributed by atoms with Gasteiger partial charge in [-0.2, -0.15) is 0 Å². The molecule has 0 radical (unpaired) electrons. The molecule has 1 atom stereocenters. The van der Waals surface area contributed by atoms with Crippen LogP contribution in [0.15, 0.2) is 28.9 Å². The second kappa shape index (κ2) is 3.60. The Morgan fingerprint density at radius 3 is 3.06 bits per heavy atom. The summed E-state index contributed by atoms with van der Waals surface area (Å²) in [5.74, 6) is 0. The predicted octanol–water partition coefficient (Wildman–Crippen LogP) is 3.96. The van der Waals surface area contributed by atoms with Gasteiger partial charge in [-0.05, 0) is 41.8 Å². The molecule has 0 amide bonds. The van der Waals surface area contributed by atoms with E-state index in [2.05, 4.69) is 52.2 Å². The predicted molar refractivity (Wildman–Crippen MR) is 68.5 cm³/mol.